The van der Waals surface area contributed by atoms with E-state index in [4.69, 9.17) is 9.47 Å². The molecule has 0 unspecified atom stereocenters. The molecule has 0 saturated carbocycles. The van der Waals surface area contributed by atoms with Gasteiger partial charge in [-0.15, -0.1) is 0 Å². The van der Waals surface area contributed by atoms with Crippen molar-refractivity contribution >= 4 is 0 Å². The van der Waals surface area contributed by atoms with Crippen molar-refractivity contribution in [3.63, 3.8) is 0 Å². The van der Waals surface area contributed by atoms with Crippen LogP contribution in [0.25, 0.3) is 11.3 Å². The number of hydrogen-bond acceptors (Lipinski definition) is 4. The highest BCUT2D eigenvalue weighted by Gasteiger charge is 2.15. The molecule has 0 bridgehead atoms. The van der Waals surface area contributed by atoms with E-state index >= 15 is 0 Å². The van der Waals surface area contributed by atoms with Gasteiger partial charge in [0.1, 0.15) is 0 Å². The van der Waals surface area contributed by atoms with Gasteiger partial charge in [-0.3, -0.25) is 4.68 Å². The van der Waals surface area contributed by atoms with E-state index in [1.165, 1.54) is 16.7 Å². The quantitative estimate of drug-likeness (QED) is 0.748. The van der Waals surface area contributed by atoms with Crippen LogP contribution in [0.4, 0.5) is 0 Å². The largest absolute Gasteiger partial charge is 0.490 e. The summed E-state index contributed by atoms with van der Waals surface area (Å²) >= 11 is 0. The minimum atomic E-state index is 0.684. The Balaban J connectivity index is 1.53. The van der Waals surface area contributed by atoms with Crippen LogP contribution in [-0.4, -0.2) is 23.0 Å². The van der Waals surface area contributed by atoms with Gasteiger partial charge in [-0.1, -0.05) is 24.3 Å². The molecule has 0 aliphatic carbocycles. The molecule has 1 aliphatic heterocycles. The lowest BCUT2D eigenvalue weighted by Crippen LogP contribution is -2.13. The van der Waals surface area contributed by atoms with Gasteiger partial charge >= 0.3 is 0 Å². The van der Waals surface area contributed by atoms with Crippen LogP contribution in [0.1, 0.15) is 23.1 Å². The van der Waals surface area contributed by atoms with Gasteiger partial charge < -0.3 is 14.8 Å². The molecule has 2 heterocycles. The first kappa shape index (κ1) is 17.6. The van der Waals surface area contributed by atoms with Crippen molar-refractivity contribution in [2.45, 2.75) is 26.4 Å². The first-order chi connectivity index (χ1) is 13.2. The molecular weight excluding hydrogens is 338 g/mol. The molecule has 2 aromatic carbocycles. The van der Waals surface area contributed by atoms with Gasteiger partial charge in [0.2, 0.25) is 0 Å². The summed E-state index contributed by atoms with van der Waals surface area (Å²) in [7, 11) is 1.96. The van der Waals surface area contributed by atoms with Crippen LogP contribution in [0.3, 0.4) is 0 Å². The zero-order valence-corrected chi connectivity index (χ0v) is 15.9. The summed E-state index contributed by atoms with van der Waals surface area (Å²) in [5, 5.41) is 8.22. The lowest BCUT2D eigenvalue weighted by Gasteiger charge is -2.10. The van der Waals surface area contributed by atoms with Crippen LogP contribution >= 0.6 is 0 Å². The van der Waals surface area contributed by atoms with Gasteiger partial charge in [0.05, 0.1) is 18.9 Å². The van der Waals surface area contributed by atoms with Crippen LogP contribution in [-0.2, 0) is 20.1 Å². The molecule has 5 nitrogen and oxygen atoms in total. The maximum atomic E-state index is 5.83. The zero-order chi connectivity index (χ0) is 18.6. The Hall–Kier alpha value is -2.79. The van der Waals surface area contributed by atoms with Crippen molar-refractivity contribution in [2.24, 2.45) is 7.05 Å². The fraction of sp³-hybridized carbons (Fsp3) is 0.318. The molecule has 1 aliphatic rings. The van der Waals surface area contributed by atoms with E-state index in [-0.39, 0.29) is 0 Å². The summed E-state index contributed by atoms with van der Waals surface area (Å²) in [5.41, 5.74) is 5.82. The minimum Gasteiger partial charge on any atom is -0.490 e. The Morgan fingerprint density at radius 2 is 1.78 bits per heavy atom. The third kappa shape index (κ3) is 3.98. The summed E-state index contributed by atoms with van der Waals surface area (Å²) in [5.74, 6) is 1.61. The van der Waals surface area contributed by atoms with Crippen molar-refractivity contribution < 1.29 is 9.47 Å². The number of ether oxygens (including phenoxy) is 2. The molecule has 0 fully saturated rings. The molecule has 1 N–H and O–H groups in total. The second kappa shape index (κ2) is 7.84. The number of rotatable bonds is 5. The number of nitrogens with one attached hydrogen (secondary N) is 1. The van der Waals surface area contributed by atoms with Gasteiger partial charge in [-0.25, -0.2) is 0 Å². The van der Waals surface area contributed by atoms with Crippen LogP contribution in [0.5, 0.6) is 11.5 Å². The lowest BCUT2D eigenvalue weighted by atomic mass is 10.1. The van der Waals surface area contributed by atoms with Crippen molar-refractivity contribution in [3.05, 3.63) is 65.4 Å². The predicted octanol–water partition coefficient (Wildman–Crippen LogP) is 3.85. The molecule has 5 heteroatoms. The fourth-order valence-electron chi connectivity index (χ4n) is 3.36. The molecule has 0 radical (unpaired) electrons. The Morgan fingerprint density at radius 1 is 1.00 bits per heavy atom. The number of aryl methyl sites for hydroxylation is 2. The third-order valence-corrected chi connectivity index (χ3v) is 4.82. The highest BCUT2D eigenvalue weighted by Crippen LogP contribution is 2.34. The average Bonchev–Trinajstić information content (AvgIpc) is 2.89. The summed E-state index contributed by atoms with van der Waals surface area (Å²) in [6.45, 7) is 5.12. The Kier molecular flexibility index (Phi) is 5.12. The predicted molar refractivity (Wildman–Crippen MR) is 106 cm³/mol. The number of aromatic nitrogens is 2. The van der Waals surface area contributed by atoms with Crippen molar-refractivity contribution in [3.8, 4) is 22.8 Å². The Morgan fingerprint density at radius 3 is 2.63 bits per heavy atom. The molecule has 1 aromatic heterocycles. The van der Waals surface area contributed by atoms with Gasteiger partial charge in [-0.05, 0) is 36.2 Å². The van der Waals surface area contributed by atoms with Crippen molar-refractivity contribution in [2.75, 3.05) is 13.2 Å². The van der Waals surface area contributed by atoms with Crippen molar-refractivity contribution in [1.29, 1.82) is 0 Å². The normalized spacial score (nSPS) is 13.4. The third-order valence-electron chi connectivity index (χ3n) is 4.82. The summed E-state index contributed by atoms with van der Waals surface area (Å²) in [6, 6.07) is 14.5. The first-order valence-electron chi connectivity index (χ1n) is 9.38. The van der Waals surface area contributed by atoms with Crippen molar-refractivity contribution in [1.82, 2.24) is 15.1 Å². The summed E-state index contributed by atoms with van der Waals surface area (Å²) in [4.78, 5) is 0. The highest BCUT2D eigenvalue weighted by molar-refractivity contribution is 5.66. The first-order valence-corrected chi connectivity index (χ1v) is 9.38. The fourth-order valence-corrected chi connectivity index (χ4v) is 3.36. The molecule has 140 valence electrons. The Labute approximate surface area is 159 Å². The van der Waals surface area contributed by atoms with E-state index in [9.17, 15) is 0 Å². The number of benzene rings is 2. The van der Waals surface area contributed by atoms with Crippen LogP contribution in [0.15, 0.2) is 48.7 Å². The molecule has 3 aromatic rings. The second-order valence-corrected chi connectivity index (χ2v) is 6.92. The van der Waals surface area contributed by atoms with Gasteiger partial charge in [0, 0.05) is 43.9 Å². The summed E-state index contributed by atoms with van der Waals surface area (Å²) < 4.78 is 13.4. The second-order valence-electron chi connectivity index (χ2n) is 6.92. The average molecular weight is 363 g/mol. The molecule has 0 spiro atoms. The van der Waals surface area contributed by atoms with Crippen LogP contribution < -0.4 is 14.8 Å². The van der Waals surface area contributed by atoms with E-state index < -0.39 is 0 Å². The van der Waals surface area contributed by atoms with E-state index in [0.717, 1.165) is 42.3 Å². The maximum Gasteiger partial charge on any atom is 0.161 e. The van der Waals surface area contributed by atoms with Crippen LogP contribution in [0, 0.1) is 6.92 Å². The number of hydrogen-bond donors (Lipinski definition) is 1. The van der Waals surface area contributed by atoms with Gasteiger partial charge in [0.15, 0.2) is 11.5 Å². The highest BCUT2D eigenvalue weighted by atomic mass is 16.5. The smallest absolute Gasteiger partial charge is 0.161 e. The maximum absolute atomic E-state index is 5.83. The molecular formula is C22H25N3O2. The standard InChI is InChI=1S/C22H25N3O2/c1-16-6-3-4-7-18(16)13-23-14-19-15-25(2)24-22(19)17-8-9-20-21(12-17)27-11-5-10-26-20/h3-4,6-9,12,15,23H,5,10-11,13-14H2,1-2H3. The van der Waals surface area contributed by atoms with E-state index in [1.807, 2.05) is 23.9 Å². The monoisotopic (exact) mass is 363 g/mol. The SMILES string of the molecule is Cc1ccccc1CNCc1cn(C)nc1-c1ccc2c(c1)OCCCO2. The van der Waals surface area contributed by atoms with Gasteiger partial charge in [0.25, 0.3) is 0 Å². The van der Waals surface area contributed by atoms with Crippen LogP contribution in [0.2, 0.25) is 0 Å². The van der Waals surface area contributed by atoms with E-state index in [0.29, 0.717) is 13.2 Å². The number of fused-ring (bicyclic) bond motifs is 1. The number of nitrogens with zero attached hydrogens (tertiary/aromatic N) is 2. The Bertz CT molecular complexity index is 933. The molecule has 4 rings (SSSR count). The zero-order valence-electron chi connectivity index (χ0n) is 15.9. The summed E-state index contributed by atoms with van der Waals surface area (Å²) in [6.07, 6.45) is 2.98. The molecule has 27 heavy (non-hydrogen) atoms. The van der Waals surface area contributed by atoms with E-state index in [2.05, 4.69) is 53.9 Å². The molecule has 0 saturated heterocycles. The topological polar surface area (TPSA) is 48.3 Å². The molecule has 0 atom stereocenters. The minimum absolute atomic E-state index is 0.684. The van der Waals surface area contributed by atoms with E-state index in [1.54, 1.807) is 0 Å². The lowest BCUT2D eigenvalue weighted by molar-refractivity contribution is 0.297. The molecule has 0 amide bonds. The van der Waals surface area contributed by atoms with Gasteiger partial charge in [-0.2, -0.15) is 5.10 Å².